The molecule has 0 bridgehead atoms. The van der Waals surface area contributed by atoms with Gasteiger partial charge in [-0.25, -0.2) is 14.2 Å². The van der Waals surface area contributed by atoms with Gasteiger partial charge in [0.1, 0.15) is 10.8 Å². The van der Waals surface area contributed by atoms with Gasteiger partial charge in [-0.15, -0.1) is 11.3 Å². The van der Waals surface area contributed by atoms with Crippen LogP contribution in [0.2, 0.25) is 10.0 Å². The average molecular weight is 511 g/mol. The first-order valence-electron chi connectivity index (χ1n) is 9.65. The Morgan fingerprint density at radius 1 is 1.06 bits per heavy atom. The van der Waals surface area contributed by atoms with Crippen LogP contribution in [0.5, 0.6) is 0 Å². The fourth-order valence-electron chi connectivity index (χ4n) is 3.09. The Balaban J connectivity index is 2.09. The van der Waals surface area contributed by atoms with Gasteiger partial charge in [0.2, 0.25) is 0 Å². The largest absolute Gasteiger partial charge is 0.478 e. The standard InChI is InChI=1S/C24H19Cl3FNO2S/c1-4-12(2)22(28)21(13(3)25)16-7-5-15(9-17(16)24(30)31)23-29-20(11-32-23)14-6-8-18(26)19(27)10-14/h5-11H,4H2,1-3H3,(H,30,31). The first kappa shape index (κ1) is 24.5. The van der Waals surface area contributed by atoms with E-state index in [4.69, 9.17) is 34.8 Å². The van der Waals surface area contributed by atoms with E-state index in [1.165, 1.54) is 17.4 Å². The van der Waals surface area contributed by atoms with Crippen LogP contribution in [0.4, 0.5) is 4.39 Å². The molecule has 0 spiro atoms. The number of aromatic nitrogens is 1. The molecule has 0 amide bonds. The highest BCUT2D eigenvalue weighted by atomic mass is 35.5. The lowest BCUT2D eigenvalue weighted by molar-refractivity contribution is 0.0696. The van der Waals surface area contributed by atoms with E-state index in [0.29, 0.717) is 38.3 Å². The number of thiazole rings is 1. The van der Waals surface area contributed by atoms with Crippen molar-refractivity contribution < 1.29 is 14.3 Å². The summed E-state index contributed by atoms with van der Waals surface area (Å²) in [5.74, 6) is -1.69. The van der Waals surface area contributed by atoms with Crippen LogP contribution in [0.3, 0.4) is 0 Å². The number of hydrogen-bond donors (Lipinski definition) is 1. The van der Waals surface area contributed by atoms with Crippen molar-refractivity contribution in [2.24, 2.45) is 0 Å². The third-order valence-electron chi connectivity index (χ3n) is 4.95. The highest BCUT2D eigenvalue weighted by Crippen LogP contribution is 2.37. The zero-order valence-electron chi connectivity index (χ0n) is 17.5. The summed E-state index contributed by atoms with van der Waals surface area (Å²) in [4.78, 5) is 16.7. The quantitative estimate of drug-likeness (QED) is 0.336. The van der Waals surface area contributed by atoms with E-state index in [9.17, 15) is 9.90 Å². The summed E-state index contributed by atoms with van der Waals surface area (Å²) in [6.45, 7) is 5.03. The monoisotopic (exact) mass is 509 g/mol. The van der Waals surface area contributed by atoms with Gasteiger partial charge in [0.15, 0.2) is 0 Å². The van der Waals surface area contributed by atoms with Crippen LogP contribution in [0.15, 0.2) is 58.2 Å². The van der Waals surface area contributed by atoms with E-state index < -0.39 is 11.8 Å². The first-order chi connectivity index (χ1) is 15.1. The molecule has 1 aromatic heterocycles. The third kappa shape index (κ3) is 5.07. The maximum absolute atomic E-state index is 15.0. The van der Waals surface area contributed by atoms with Gasteiger partial charge >= 0.3 is 5.97 Å². The lowest BCUT2D eigenvalue weighted by Gasteiger charge is -2.13. The number of halogens is 4. The molecule has 3 aromatic rings. The molecule has 0 fully saturated rings. The SMILES string of the molecule is CCC(C)=C(F)C(=C(C)Cl)c1ccc(-c2nc(-c3ccc(Cl)c(Cl)c3)cs2)cc1C(=O)O. The molecule has 0 unspecified atom stereocenters. The second-order valence-corrected chi connectivity index (χ2v) is 9.33. The third-order valence-corrected chi connectivity index (χ3v) is 6.77. The molecule has 166 valence electrons. The molecular formula is C24H19Cl3FNO2S. The minimum absolute atomic E-state index is 0.0529. The number of benzene rings is 2. The number of rotatable bonds is 6. The number of carbonyl (C=O) groups is 1. The van der Waals surface area contributed by atoms with Crippen LogP contribution >= 0.6 is 46.1 Å². The van der Waals surface area contributed by atoms with Crippen LogP contribution < -0.4 is 0 Å². The number of aromatic carboxylic acids is 1. The molecule has 0 aliphatic carbocycles. The Labute approximate surface area is 204 Å². The van der Waals surface area contributed by atoms with Crippen LogP contribution in [0.1, 0.15) is 43.1 Å². The van der Waals surface area contributed by atoms with Crippen molar-refractivity contribution in [2.75, 3.05) is 0 Å². The normalized spacial score (nSPS) is 13.0. The van der Waals surface area contributed by atoms with Gasteiger partial charge in [0.25, 0.3) is 0 Å². The number of carboxylic acids is 1. The summed E-state index contributed by atoms with van der Waals surface area (Å²) in [5.41, 5.74) is 2.84. The summed E-state index contributed by atoms with van der Waals surface area (Å²) in [7, 11) is 0. The molecular weight excluding hydrogens is 492 g/mol. The zero-order valence-corrected chi connectivity index (χ0v) is 20.6. The van der Waals surface area contributed by atoms with E-state index in [-0.39, 0.29) is 21.7 Å². The van der Waals surface area contributed by atoms with Gasteiger partial charge in [-0.05, 0) is 44.0 Å². The Morgan fingerprint density at radius 3 is 2.34 bits per heavy atom. The Hall–Kier alpha value is -2.18. The molecule has 0 radical (unpaired) electrons. The van der Waals surface area contributed by atoms with E-state index in [2.05, 4.69) is 4.98 Å². The lowest BCUT2D eigenvalue weighted by Crippen LogP contribution is -2.04. The topological polar surface area (TPSA) is 50.2 Å². The smallest absolute Gasteiger partial charge is 0.336 e. The molecule has 0 aliphatic heterocycles. The first-order valence-corrected chi connectivity index (χ1v) is 11.7. The highest BCUT2D eigenvalue weighted by molar-refractivity contribution is 7.13. The fourth-order valence-corrected chi connectivity index (χ4v) is 4.40. The second-order valence-electron chi connectivity index (χ2n) is 7.09. The summed E-state index contributed by atoms with van der Waals surface area (Å²) >= 11 is 19.6. The Morgan fingerprint density at radius 2 is 1.75 bits per heavy atom. The van der Waals surface area contributed by atoms with Crippen LogP contribution in [-0.2, 0) is 0 Å². The van der Waals surface area contributed by atoms with Crippen molar-refractivity contribution in [1.29, 1.82) is 0 Å². The predicted molar refractivity (Wildman–Crippen MR) is 133 cm³/mol. The van der Waals surface area contributed by atoms with Gasteiger partial charge in [0, 0.05) is 32.7 Å². The Kier molecular flexibility index (Phi) is 7.78. The molecule has 2 aromatic carbocycles. The van der Waals surface area contributed by atoms with E-state index in [1.54, 1.807) is 38.1 Å². The minimum Gasteiger partial charge on any atom is -0.478 e. The molecule has 8 heteroatoms. The molecule has 3 nitrogen and oxygen atoms in total. The van der Waals surface area contributed by atoms with Crippen molar-refractivity contribution in [3.8, 4) is 21.8 Å². The van der Waals surface area contributed by atoms with Crippen molar-refractivity contribution in [3.63, 3.8) is 0 Å². The maximum Gasteiger partial charge on any atom is 0.336 e. The van der Waals surface area contributed by atoms with Crippen molar-refractivity contribution in [1.82, 2.24) is 4.98 Å². The molecule has 32 heavy (non-hydrogen) atoms. The summed E-state index contributed by atoms with van der Waals surface area (Å²) < 4.78 is 15.0. The maximum atomic E-state index is 15.0. The molecule has 3 rings (SSSR count). The minimum atomic E-state index is -1.18. The molecule has 1 N–H and O–H groups in total. The molecule has 0 atom stereocenters. The molecule has 0 aliphatic rings. The van der Waals surface area contributed by atoms with Crippen LogP contribution in [0, 0.1) is 0 Å². The summed E-state index contributed by atoms with van der Waals surface area (Å²) in [6.07, 6.45) is 0.483. The van der Waals surface area contributed by atoms with Gasteiger partial charge in [-0.1, -0.05) is 59.9 Å². The number of carboxylic acid groups (broad SMARTS) is 1. The number of hydrogen-bond acceptors (Lipinski definition) is 3. The summed E-state index contributed by atoms with van der Waals surface area (Å²) in [5, 5.41) is 13.4. The number of allylic oxidation sites excluding steroid dienone is 4. The summed E-state index contributed by atoms with van der Waals surface area (Å²) in [6, 6.07) is 10.0. The number of nitrogens with zero attached hydrogens (tertiary/aromatic N) is 1. The van der Waals surface area contributed by atoms with Crippen molar-refractivity contribution in [3.05, 3.63) is 79.4 Å². The highest BCUT2D eigenvalue weighted by Gasteiger charge is 2.21. The van der Waals surface area contributed by atoms with Crippen molar-refractivity contribution >= 4 is 57.7 Å². The van der Waals surface area contributed by atoms with Crippen LogP contribution in [-0.4, -0.2) is 16.1 Å². The van der Waals surface area contributed by atoms with Gasteiger partial charge < -0.3 is 5.11 Å². The Bertz CT molecular complexity index is 1260. The van der Waals surface area contributed by atoms with E-state index in [0.717, 1.165) is 5.56 Å². The van der Waals surface area contributed by atoms with E-state index >= 15 is 4.39 Å². The fraction of sp³-hybridized carbons (Fsp3) is 0.167. The molecule has 0 saturated carbocycles. The van der Waals surface area contributed by atoms with Crippen LogP contribution in [0.25, 0.3) is 27.4 Å². The van der Waals surface area contributed by atoms with Crippen molar-refractivity contribution in [2.45, 2.75) is 27.2 Å². The van der Waals surface area contributed by atoms with Gasteiger partial charge in [-0.2, -0.15) is 0 Å². The lowest BCUT2D eigenvalue weighted by atomic mass is 9.94. The molecule has 0 saturated heterocycles. The zero-order chi connectivity index (χ0) is 23.6. The van der Waals surface area contributed by atoms with Gasteiger partial charge in [0.05, 0.1) is 21.3 Å². The average Bonchev–Trinajstić information content (AvgIpc) is 3.25. The van der Waals surface area contributed by atoms with Gasteiger partial charge in [-0.3, -0.25) is 0 Å². The van der Waals surface area contributed by atoms with E-state index in [1.807, 2.05) is 18.4 Å². The second kappa shape index (κ2) is 10.2. The molecule has 1 heterocycles. The predicted octanol–water partition coefficient (Wildman–Crippen LogP) is 9.11.